The molecule has 3 amide bonds. The molecule has 2 aliphatic heterocycles. The van der Waals surface area contributed by atoms with E-state index in [2.05, 4.69) is 15.5 Å². The van der Waals surface area contributed by atoms with Crippen molar-refractivity contribution >= 4 is 29.3 Å². The molecule has 0 saturated carbocycles. The van der Waals surface area contributed by atoms with E-state index in [9.17, 15) is 18.8 Å². The number of carbonyl (C=O) groups is 3. The van der Waals surface area contributed by atoms with Gasteiger partial charge in [0.2, 0.25) is 0 Å². The first-order chi connectivity index (χ1) is 18.4. The SMILES string of the molecule is O=C(NC(Cc1cccc(F)c1)CN1C(=O)c2ccccc2C1=O)c1cc2n(n1)CCCn1ncc(Cl)c1-2. The van der Waals surface area contributed by atoms with Gasteiger partial charge in [-0.2, -0.15) is 10.2 Å². The lowest BCUT2D eigenvalue weighted by atomic mass is 10.0. The minimum atomic E-state index is -0.692. The summed E-state index contributed by atoms with van der Waals surface area (Å²) in [5, 5.41) is 12.2. The lowest BCUT2D eigenvalue weighted by Crippen LogP contribution is -2.47. The van der Waals surface area contributed by atoms with Crippen molar-refractivity contribution in [1.29, 1.82) is 0 Å². The van der Waals surface area contributed by atoms with E-state index in [0.717, 1.165) is 11.3 Å². The van der Waals surface area contributed by atoms with Gasteiger partial charge in [-0.1, -0.05) is 35.9 Å². The summed E-state index contributed by atoms with van der Waals surface area (Å²) in [4.78, 5) is 40.5. The fourth-order valence-corrected chi connectivity index (χ4v) is 5.28. The number of amides is 3. The number of hydrogen-bond acceptors (Lipinski definition) is 5. The maximum Gasteiger partial charge on any atom is 0.272 e. The predicted octanol–water partition coefficient (Wildman–Crippen LogP) is 3.58. The molecule has 0 fully saturated rings. The van der Waals surface area contributed by atoms with Gasteiger partial charge in [0.15, 0.2) is 5.69 Å². The van der Waals surface area contributed by atoms with Crippen LogP contribution in [0.4, 0.5) is 4.39 Å². The van der Waals surface area contributed by atoms with Crippen LogP contribution in [-0.2, 0) is 19.5 Å². The van der Waals surface area contributed by atoms with E-state index in [1.165, 1.54) is 12.1 Å². The van der Waals surface area contributed by atoms with Crippen molar-refractivity contribution in [1.82, 2.24) is 29.8 Å². The van der Waals surface area contributed by atoms with Gasteiger partial charge in [0.1, 0.15) is 11.5 Å². The number of carbonyl (C=O) groups excluding carboxylic acids is 3. The molecule has 9 nitrogen and oxygen atoms in total. The average Bonchev–Trinajstić information content (AvgIpc) is 3.51. The molecule has 1 unspecified atom stereocenters. The largest absolute Gasteiger partial charge is 0.346 e. The molecule has 1 atom stereocenters. The summed E-state index contributed by atoms with van der Waals surface area (Å²) in [7, 11) is 0. The second-order valence-electron chi connectivity index (χ2n) is 9.33. The molecule has 192 valence electrons. The van der Waals surface area contributed by atoms with Crippen LogP contribution in [0.15, 0.2) is 60.8 Å². The third-order valence-corrected chi connectivity index (χ3v) is 7.05. The van der Waals surface area contributed by atoms with Crippen LogP contribution in [0.5, 0.6) is 0 Å². The number of nitrogens with zero attached hydrogens (tertiary/aromatic N) is 5. The van der Waals surface area contributed by atoms with Crippen LogP contribution in [0, 0.1) is 5.82 Å². The van der Waals surface area contributed by atoms with E-state index in [1.807, 2.05) is 0 Å². The van der Waals surface area contributed by atoms with Crippen molar-refractivity contribution in [3.05, 3.63) is 94.0 Å². The van der Waals surface area contributed by atoms with E-state index in [-0.39, 0.29) is 18.7 Å². The van der Waals surface area contributed by atoms with Crippen LogP contribution in [-0.4, -0.2) is 54.8 Å². The fraction of sp³-hybridized carbons (Fsp3) is 0.222. The Morgan fingerprint density at radius 2 is 1.76 bits per heavy atom. The van der Waals surface area contributed by atoms with Crippen LogP contribution in [0.2, 0.25) is 5.02 Å². The summed E-state index contributed by atoms with van der Waals surface area (Å²) >= 11 is 6.37. The normalized spacial score (nSPS) is 15.1. The van der Waals surface area contributed by atoms with Crippen LogP contribution < -0.4 is 5.32 Å². The summed E-state index contributed by atoms with van der Waals surface area (Å²) in [6, 6.07) is 13.5. The monoisotopic (exact) mass is 532 g/mol. The molecule has 2 aliphatic rings. The first-order valence-corrected chi connectivity index (χ1v) is 12.6. The van der Waals surface area contributed by atoms with E-state index in [4.69, 9.17) is 11.6 Å². The number of hydrogen-bond donors (Lipinski definition) is 1. The molecule has 4 aromatic rings. The summed E-state index contributed by atoms with van der Waals surface area (Å²) in [5.74, 6) is -1.76. The number of halogens is 2. The molecule has 2 aromatic heterocycles. The summed E-state index contributed by atoms with van der Waals surface area (Å²) in [5.41, 5.74) is 2.79. The van der Waals surface area contributed by atoms with Gasteiger partial charge in [0, 0.05) is 19.6 Å². The third-order valence-electron chi connectivity index (χ3n) is 6.78. The lowest BCUT2D eigenvalue weighted by molar-refractivity contribution is 0.0628. The molecule has 11 heteroatoms. The fourth-order valence-electron chi connectivity index (χ4n) is 5.04. The predicted molar refractivity (Wildman–Crippen MR) is 136 cm³/mol. The van der Waals surface area contributed by atoms with Gasteiger partial charge < -0.3 is 5.32 Å². The molecule has 0 aliphatic carbocycles. The highest BCUT2D eigenvalue weighted by molar-refractivity contribution is 6.33. The topological polar surface area (TPSA) is 102 Å². The second kappa shape index (κ2) is 9.53. The minimum Gasteiger partial charge on any atom is -0.346 e. The van der Waals surface area contributed by atoms with Crippen LogP contribution >= 0.6 is 11.6 Å². The maximum atomic E-state index is 13.9. The number of fused-ring (bicyclic) bond motifs is 4. The van der Waals surface area contributed by atoms with Gasteiger partial charge in [-0.3, -0.25) is 28.6 Å². The Labute approximate surface area is 221 Å². The van der Waals surface area contributed by atoms with E-state index in [0.29, 0.717) is 46.2 Å². The van der Waals surface area contributed by atoms with E-state index >= 15 is 0 Å². The molecule has 1 N–H and O–H groups in total. The van der Waals surface area contributed by atoms with Crippen molar-refractivity contribution in [3.8, 4) is 11.4 Å². The average molecular weight is 533 g/mol. The smallest absolute Gasteiger partial charge is 0.272 e. The molecule has 0 bridgehead atoms. The van der Waals surface area contributed by atoms with Gasteiger partial charge in [-0.05, 0) is 48.7 Å². The minimum absolute atomic E-state index is 0.0826. The molecule has 6 rings (SSSR count). The number of imide groups is 1. The van der Waals surface area contributed by atoms with Crippen molar-refractivity contribution in [2.45, 2.75) is 32.0 Å². The molecule has 0 saturated heterocycles. The Hall–Kier alpha value is -4.31. The molecule has 2 aromatic carbocycles. The molecule has 0 radical (unpaired) electrons. The molecular weight excluding hydrogens is 511 g/mol. The zero-order valence-corrected chi connectivity index (χ0v) is 20.9. The van der Waals surface area contributed by atoms with Crippen molar-refractivity contribution in [2.24, 2.45) is 0 Å². The van der Waals surface area contributed by atoms with Crippen LogP contribution in [0.1, 0.15) is 43.2 Å². The van der Waals surface area contributed by atoms with Crippen molar-refractivity contribution < 1.29 is 18.8 Å². The first kappa shape index (κ1) is 24.1. The summed E-state index contributed by atoms with van der Waals surface area (Å²) in [6.07, 6.45) is 2.53. The van der Waals surface area contributed by atoms with Crippen molar-refractivity contribution in [3.63, 3.8) is 0 Å². The number of rotatable bonds is 6. The highest BCUT2D eigenvalue weighted by Gasteiger charge is 2.37. The van der Waals surface area contributed by atoms with E-state index < -0.39 is 29.6 Å². The Balaban J connectivity index is 1.28. The van der Waals surface area contributed by atoms with Gasteiger partial charge in [0.05, 0.1) is 34.1 Å². The molecular formula is C27H22ClFN6O3. The number of aryl methyl sites for hydroxylation is 2. The number of benzene rings is 2. The highest BCUT2D eigenvalue weighted by atomic mass is 35.5. The van der Waals surface area contributed by atoms with E-state index in [1.54, 1.807) is 58.0 Å². The Morgan fingerprint density at radius 1 is 1.03 bits per heavy atom. The quantitative estimate of drug-likeness (QED) is 0.382. The molecule has 4 heterocycles. The van der Waals surface area contributed by atoms with Crippen LogP contribution in [0.25, 0.3) is 11.4 Å². The molecule has 38 heavy (non-hydrogen) atoms. The Kier molecular flexibility index (Phi) is 6.03. The number of aromatic nitrogens is 4. The summed E-state index contributed by atoms with van der Waals surface area (Å²) < 4.78 is 17.4. The zero-order valence-electron chi connectivity index (χ0n) is 20.1. The Morgan fingerprint density at radius 3 is 2.50 bits per heavy atom. The standard InChI is InChI=1S/C27H22ClFN6O3/c28-21-14-30-35-10-4-9-34-23(24(21)35)13-22(32-34)25(36)31-18(12-16-5-3-6-17(29)11-16)15-33-26(37)19-7-1-2-8-20(19)27(33)38/h1-3,5-8,11,13-14,18H,4,9-10,12,15H2,(H,31,36). The zero-order chi connectivity index (χ0) is 26.4. The van der Waals surface area contributed by atoms with Crippen molar-refractivity contribution in [2.75, 3.05) is 6.54 Å². The summed E-state index contributed by atoms with van der Waals surface area (Å²) in [6.45, 7) is 1.19. The lowest BCUT2D eigenvalue weighted by Gasteiger charge is -2.23. The second-order valence-corrected chi connectivity index (χ2v) is 9.73. The van der Waals surface area contributed by atoms with Gasteiger partial charge in [0.25, 0.3) is 17.7 Å². The van der Waals surface area contributed by atoms with Gasteiger partial charge in [-0.15, -0.1) is 0 Å². The Bertz CT molecular complexity index is 1560. The highest BCUT2D eigenvalue weighted by Crippen LogP contribution is 2.31. The van der Waals surface area contributed by atoms with Gasteiger partial charge in [-0.25, -0.2) is 4.39 Å². The number of nitrogens with one attached hydrogen (secondary N) is 1. The molecule has 0 spiro atoms. The third kappa shape index (κ3) is 4.26. The first-order valence-electron chi connectivity index (χ1n) is 12.2. The maximum absolute atomic E-state index is 13.9. The van der Waals surface area contributed by atoms with Gasteiger partial charge >= 0.3 is 0 Å². The van der Waals surface area contributed by atoms with Crippen LogP contribution in [0.3, 0.4) is 0 Å².